The van der Waals surface area contributed by atoms with Crippen LogP contribution >= 0.6 is 15.9 Å². The number of rotatable bonds is 3. The van der Waals surface area contributed by atoms with E-state index in [2.05, 4.69) is 21.2 Å². The summed E-state index contributed by atoms with van der Waals surface area (Å²) >= 11 is 3.50. The summed E-state index contributed by atoms with van der Waals surface area (Å²) in [6.45, 7) is 4.69. The third kappa shape index (κ3) is 3.03. The number of hydrogen-bond donors (Lipinski definition) is 1. The second-order valence-corrected chi connectivity index (χ2v) is 6.16. The van der Waals surface area contributed by atoms with Gasteiger partial charge in [0.05, 0.1) is 0 Å². The maximum absolute atomic E-state index is 12.7. The Kier molecular flexibility index (Phi) is 4.48. The second-order valence-electron chi connectivity index (χ2n) is 5.30. The molecule has 1 atom stereocenters. The average Bonchev–Trinajstić information content (AvgIpc) is 2.53. The van der Waals surface area contributed by atoms with Crippen molar-refractivity contribution in [3.8, 4) is 0 Å². The number of amides is 2. The van der Waals surface area contributed by atoms with Crippen LogP contribution in [-0.4, -0.2) is 28.8 Å². The van der Waals surface area contributed by atoms with Gasteiger partial charge in [0, 0.05) is 24.0 Å². The van der Waals surface area contributed by atoms with E-state index in [0.29, 0.717) is 25.9 Å². The lowest BCUT2D eigenvalue weighted by molar-refractivity contribution is -0.138. The van der Waals surface area contributed by atoms with Crippen molar-refractivity contribution < 1.29 is 9.59 Å². The van der Waals surface area contributed by atoms with Gasteiger partial charge in [-0.15, -0.1) is 0 Å². The summed E-state index contributed by atoms with van der Waals surface area (Å²) in [6.07, 6.45) is 0.940. The molecule has 0 spiro atoms. The summed E-state index contributed by atoms with van der Waals surface area (Å²) in [5.74, 6) is -0.0704. The zero-order chi connectivity index (χ0) is 14.8. The van der Waals surface area contributed by atoms with Crippen molar-refractivity contribution in [3.63, 3.8) is 0 Å². The number of benzene rings is 1. The predicted octanol–water partition coefficient (Wildman–Crippen LogP) is 2.47. The fourth-order valence-electron chi connectivity index (χ4n) is 2.33. The van der Waals surface area contributed by atoms with E-state index in [4.69, 9.17) is 0 Å². The SMILES string of the molecule is CCC1(C)NC(=O)CCN(Cc2ccccc2Br)C1=O. The molecule has 0 aromatic heterocycles. The van der Waals surface area contributed by atoms with Crippen LogP contribution in [0.15, 0.2) is 28.7 Å². The topological polar surface area (TPSA) is 49.4 Å². The van der Waals surface area contributed by atoms with E-state index in [9.17, 15) is 9.59 Å². The molecule has 1 N–H and O–H groups in total. The molecule has 2 rings (SSSR count). The Morgan fingerprint density at radius 2 is 2.05 bits per heavy atom. The van der Waals surface area contributed by atoms with Gasteiger partial charge in [0.2, 0.25) is 11.8 Å². The zero-order valence-electron chi connectivity index (χ0n) is 11.8. The Bertz CT molecular complexity index is 532. The van der Waals surface area contributed by atoms with Gasteiger partial charge in [-0.3, -0.25) is 9.59 Å². The van der Waals surface area contributed by atoms with E-state index in [-0.39, 0.29) is 11.8 Å². The molecule has 108 valence electrons. The van der Waals surface area contributed by atoms with Crippen molar-refractivity contribution in [2.75, 3.05) is 6.54 Å². The lowest BCUT2D eigenvalue weighted by atomic mass is 9.97. The molecule has 1 aliphatic rings. The van der Waals surface area contributed by atoms with Gasteiger partial charge in [-0.2, -0.15) is 0 Å². The summed E-state index contributed by atoms with van der Waals surface area (Å²) < 4.78 is 0.981. The van der Waals surface area contributed by atoms with Crippen LogP contribution in [-0.2, 0) is 16.1 Å². The predicted molar refractivity (Wildman–Crippen MR) is 81.0 cm³/mol. The molecule has 1 fully saturated rings. The van der Waals surface area contributed by atoms with Crippen molar-refractivity contribution in [2.45, 2.75) is 38.8 Å². The molecular formula is C15H19BrN2O2. The van der Waals surface area contributed by atoms with Gasteiger partial charge in [-0.1, -0.05) is 41.1 Å². The maximum atomic E-state index is 12.7. The number of nitrogens with zero attached hydrogens (tertiary/aromatic N) is 1. The maximum Gasteiger partial charge on any atom is 0.248 e. The molecule has 4 nitrogen and oxygen atoms in total. The van der Waals surface area contributed by atoms with Gasteiger partial charge in [0.15, 0.2) is 0 Å². The molecule has 0 radical (unpaired) electrons. The van der Waals surface area contributed by atoms with Crippen LogP contribution in [0.3, 0.4) is 0 Å². The van der Waals surface area contributed by atoms with Crippen LogP contribution < -0.4 is 5.32 Å². The molecule has 1 aliphatic heterocycles. The summed E-state index contributed by atoms with van der Waals surface area (Å²) in [7, 11) is 0. The first-order valence-corrected chi connectivity index (χ1v) is 7.59. The normalized spacial score (nSPS) is 23.4. The van der Waals surface area contributed by atoms with Crippen molar-refractivity contribution in [2.24, 2.45) is 0 Å². The summed E-state index contributed by atoms with van der Waals surface area (Å²) in [5, 5.41) is 2.84. The first kappa shape index (κ1) is 15.0. The Labute approximate surface area is 127 Å². The molecule has 1 aromatic rings. The molecule has 2 amide bonds. The summed E-state index contributed by atoms with van der Waals surface area (Å²) in [4.78, 5) is 26.2. The molecule has 0 bridgehead atoms. The molecule has 1 aromatic carbocycles. The average molecular weight is 339 g/mol. The Morgan fingerprint density at radius 3 is 2.70 bits per heavy atom. The molecule has 20 heavy (non-hydrogen) atoms. The van der Waals surface area contributed by atoms with Gasteiger partial charge in [0.1, 0.15) is 5.54 Å². The minimum Gasteiger partial charge on any atom is -0.342 e. The van der Waals surface area contributed by atoms with Crippen molar-refractivity contribution >= 4 is 27.7 Å². The Balaban J connectivity index is 2.24. The van der Waals surface area contributed by atoms with Crippen molar-refractivity contribution in [1.82, 2.24) is 10.2 Å². The first-order valence-electron chi connectivity index (χ1n) is 6.80. The van der Waals surface area contributed by atoms with Crippen LogP contribution in [0.4, 0.5) is 0 Å². The standard InChI is InChI=1S/C15H19BrN2O2/c1-3-15(2)14(20)18(9-8-13(19)17-15)10-11-6-4-5-7-12(11)16/h4-7H,3,8-10H2,1-2H3,(H,17,19). The molecule has 0 aliphatic carbocycles. The number of hydrogen-bond acceptors (Lipinski definition) is 2. The van der Waals surface area contributed by atoms with E-state index >= 15 is 0 Å². The second kappa shape index (κ2) is 5.95. The number of carbonyl (C=O) groups excluding carboxylic acids is 2. The third-order valence-corrected chi connectivity index (χ3v) is 4.58. The molecule has 1 saturated heterocycles. The van der Waals surface area contributed by atoms with Gasteiger partial charge in [-0.05, 0) is 25.0 Å². The molecule has 1 heterocycles. The van der Waals surface area contributed by atoms with Crippen LogP contribution in [0.2, 0.25) is 0 Å². The molecular weight excluding hydrogens is 320 g/mol. The molecule has 1 unspecified atom stereocenters. The third-order valence-electron chi connectivity index (χ3n) is 3.81. The van der Waals surface area contributed by atoms with Crippen molar-refractivity contribution in [1.29, 1.82) is 0 Å². The number of halogens is 1. The van der Waals surface area contributed by atoms with E-state index in [1.54, 1.807) is 11.8 Å². The highest BCUT2D eigenvalue weighted by Gasteiger charge is 2.39. The van der Waals surface area contributed by atoms with Crippen LogP contribution in [0, 0.1) is 0 Å². The zero-order valence-corrected chi connectivity index (χ0v) is 13.4. The highest BCUT2D eigenvalue weighted by Crippen LogP contribution is 2.22. The Hall–Kier alpha value is -1.36. The lowest BCUT2D eigenvalue weighted by Crippen LogP contribution is -2.54. The monoisotopic (exact) mass is 338 g/mol. The lowest BCUT2D eigenvalue weighted by Gasteiger charge is -2.31. The smallest absolute Gasteiger partial charge is 0.248 e. The van der Waals surface area contributed by atoms with Gasteiger partial charge in [0.25, 0.3) is 0 Å². The van der Waals surface area contributed by atoms with E-state index in [0.717, 1.165) is 10.0 Å². The van der Waals surface area contributed by atoms with Crippen LogP contribution in [0.5, 0.6) is 0 Å². The molecule has 0 saturated carbocycles. The number of nitrogens with one attached hydrogen (secondary N) is 1. The highest BCUT2D eigenvalue weighted by molar-refractivity contribution is 9.10. The minimum atomic E-state index is -0.797. The minimum absolute atomic E-state index is 0.0124. The largest absolute Gasteiger partial charge is 0.342 e. The van der Waals surface area contributed by atoms with Gasteiger partial charge >= 0.3 is 0 Å². The fraction of sp³-hybridized carbons (Fsp3) is 0.467. The van der Waals surface area contributed by atoms with Gasteiger partial charge in [-0.25, -0.2) is 0 Å². The van der Waals surface area contributed by atoms with E-state index in [1.807, 2.05) is 31.2 Å². The summed E-state index contributed by atoms with van der Waals surface area (Å²) in [5.41, 5.74) is 0.253. The highest BCUT2D eigenvalue weighted by atomic mass is 79.9. The number of carbonyl (C=O) groups is 2. The quantitative estimate of drug-likeness (QED) is 0.920. The van der Waals surface area contributed by atoms with Gasteiger partial charge < -0.3 is 10.2 Å². The van der Waals surface area contributed by atoms with Crippen molar-refractivity contribution in [3.05, 3.63) is 34.3 Å². The van der Waals surface area contributed by atoms with E-state index < -0.39 is 5.54 Å². The van der Waals surface area contributed by atoms with Crippen LogP contribution in [0.25, 0.3) is 0 Å². The fourth-order valence-corrected chi connectivity index (χ4v) is 2.74. The Morgan fingerprint density at radius 1 is 1.35 bits per heavy atom. The molecule has 5 heteroatoms. The first-order chi connectivity index (χ1) is 9.46. The summed E-state index contributed by atoms with van der Waals surface area (Å²) in [6, 6.07) is 7.84. The van der Waals surface area contributed by atoms with E-state index in [1.165, 1.54) is 0 Å². The van der Waals surface area contributed by atoms with Crippen LogP contribution in [0.1, 0.15) is 32.3 Å².